The van der Waals surface area contributed by atoms with E-state index in [2.05, 4.69) is 29.8 Å². The van der Waals surface area contributed by atoms with Crippen LogP contribution in [-0.4, -0.2) is 31.6 Å². The van der Waals surface area contributed by atoms with Gasteiger partial charge in [0.25, 0.3) is 5.91 Å². The van der Waals surface area contributed by atoms with E-state index >= 15 is 0 Å². The number of hydrogen-bond donors (Lipinski definition) is 3. The number of fused-ring (bicyclic) bond motifs is 1. The minimum absolute atomic E-state index is 0.0610. The molecular formula is C14H21N3O2. The molecule has 0 atom stereocenters. The fraction of sp³-hybridized carbons (Fsp3) is 0.500. The van der Waals surface area contributed by atoms with Gasteiger partial charge in [-0.25, -0.2) is 0 Å². The maximum Gasteiger partial charge on any atom is 0.262 e. The highest BCUT2D eigenvalue weighted by atomic mass is 16.5. The molecular weight excluding hydrogens is 242 g/mol. The number of anilines is 1. The first-order valence-corrected chi connectivity index (χ1v) is 6.45. The first kappa shape index (κ1) is 13.8. The lowest BCUT2D eigenvalue weighted by Gasteiger charge is -2.24. The molecule has 5 heteroatoms. The quantitative estimate of drug-likeness (QED) is 0.744. The first-order chi connectivity index (χ1) is 9.00. The SMILES string of the molecule is CNC(C)(C)CNCc1ccc2c(c1)NC(=O)CO2. The Morgan fingerprint density at radius 3 is 2.95 bits per heavy atom. The molecule has 1 aromatic carbocycles. The van der Waals surface area contributed by atoms with E-state index in [1.165, 1.54) is 0 Å². The lowest BCUT2D eigenvalue weighted by Crippen LogP contribution is -2.45. The van der Waals surface area contributed by atoms with Crippen LogP contribution in [0.15, 0.2) is 18.2 Å². The molecule has 1 aliphatic rings. The van der Waals surface area contributed by atoms with Crippen molar-refractivity contribution < 1.29 is 9.53 Å². The van der Waals surface area contributed by atoms with Gasteiger partial charge in [-0.2, -0.15) is 0 Å². The van der Waals surface area contributed by atoms with Crippen LogP contribution in [0.5, 0.6) is 5.75 Å². The lowest BCUT2D eigenvalue weighted by atomic mass is 10.1. The topological polar surface area (TPSA) is 62.4 Å². The number of ether oxygens (including phenoxy) is 1. The molecule has 3 N–H and O–H groups in total. The molecule has 2 rings (SSSR count). The second-order valence-electron chi connectivity index (χ2n) is 5.40. The van der Waals surface area contributed by atoms with Gasteiger partial charge < -0.3 is 20.7 Å². The minimum Gasteiger partial charge on any atom is -0.482 e. The summed E-state index contributed by atoms with van der Waals surface area (Å²) < 4.78 is 5.32. The molecule has 0 aliphatic carbocycles. The summed E-state index contributed by atoms with van der Waals surface area (Å²) in [6, 6.07) is 5.86. The largest absolute Gasteiger partial charge is 0.482 e. The highest BCUT2D eigenvalue weighted by Crippen LogP contribution is 2.28. The van der Waals surface area contributed by atoms with Crippen molar-refractivity contribution in [3.05, 3.63) is 23.8 Å². The smallest absolute Gasteiger partial charge is 0.262 e. The van der Waals surface area contributed by atoms with E-state index < -0.39 is 0 Å². The van der Waals surface area contributed by atoms with Crippen molar-refractivity contribution in [3.8, 4) is 5.75 Å². The molecule has 1 heterocycles. The summed E-state index contributed by atoms with van der Waals surface area (Å²) in [5.74, 6) is 0.632. The molecule has 0 fully saturated rings. The molecule has 0 unspecified atom stereocenters. The number of carbonyl (C=O) groups excluding carboxylic acids is 1. The predicted octanol–water partition coefficient (Wildman–Crippen LogP) is 1.11. The molecule has 0 radical (unpaired) electrons. The van der Waals surface area contributed by atoms with Gasteiger partial charge in [0.2, 0.25) is 0 Å². The third-order valence-corrected chi connectivity index (χ3v) is 3.25. The third kappa shape index (κ3) is 3.68. The predicted molar refractivity (Wildman–Crippen MR) is 75.4 cm³/mol. The highest BCUT2D eigenvalue weighted by Gasteiger charge is 2.16. The molecule has 0 aromatic heterocycles. The summed E-state index contributed by atoms with van der Waals surface area (Å²) in [5.41, 5.74) is 1.94. The van der Waals surface area contributed by atoms with Crippen LogP contribution in [0.4, 0.5) is 5.69 Å². The van der Waals surface area contributed by atoms with Crippen LogP contribution >= 0.6 is 0 Å². The van der Waals surface area contributed by atoms with Crippen LogP contribution in [0.1, 0.15) is 19.4 Å². The molecule has 0 bridgehead atoms. The van der Waals surface area contributed by atoms with Crippen LogP contribution in [0.2, 0.25) is 0 Å². The van der Waals surface area contributed by atoms with E-state index in [1.807, 2.05) is 25.2 Å². The maximum absolute atomic E-state index is 11.3. The van der Waals surface area contributed by atoms with Gasteiger partial charge in [-0.1, -0.05) is 6.07 Å². The van der Waals surface area contributed by atoms with Crippen molar-refractivity contribution in [2.75, 3.05) is 25.5 Å². The van der Waals surface area contributed by atoms with Crippen LogP contribution in [0.25, 0.3) is 0 Å². The van der Waals surface area contributed by atoms with Gasteiger partial charge in [0, 0.05) is 18.6 Å². The number of rotatable bonds is 5. The fourth-order valence-corrected chi connectivity index (χ4v) is 1.85. The van der Waals surface area contributed by atoms with Gasteiger partial charge in [0.15, 0.2) is 6.61 Å². The Hall–Kier alpha value is -1.59. The van der Waals surface area contributed by atoms with Gasteiger partial charge >= 0.3 is 0 Å². The summed E-state index contributed by atoms with van der Waals surface area (Å²) in [6.07, 6.45) is 0. The molecule has 19 heavy (non-hydrogen) atoms. The summed E-state index contributed by atoms with van der Waals surface area (Å²) in [7, 11) is 1.95. The Bertz CT molecular complexity index is 472. The standard InChI is InChI=1S/C14H21N3O2/c1-14(2,15-3)9-16-7-10-4-5-12-11(6-10)17-13(18)8-19-12/h4-6,15-16H,7-9H2,1-3H3,(H,17,18). The Labute approximate surface area is 113 Å². The Morgan fingerprint density at radius 2 is 2.21 bits per heavy atom. The number of benzene rings is 1. The van der Waals surface area contributed by atoms with Gasteiger partial charge in [-0.15, -0.1) is 0 Å². The normalized spacial score (nSPS) is 14.6. The summed E-state index contributed by atoms with van der Waals surface area (Å²) >= 11 is 0. The average molecular weight is 263 g/mol. The van der Waals surface area contributed by atoms with Gasteiger partial charge in [0.1, 0.15) is 5.75 Å². The van der Waals surface area contributed by atoms with E-state index in [9.17, 15) is 4.79 Å². The van der Waals surface area contributed by atoms with Crippen LogP contribution in [0, 0.1) is 0 Å². The maximum atomic E-state index is 11.3. The number of hydrogen-bond acceptors (Lipinski definition) is 4. The molecule has 0 saturated heterocycles. The Kier molecular flexibility index (Phi) is 4.07. The second kappa shape index (κ2) is 5.59. The number of amides is 1. The monoisotopic (exact) mass is 263 g/mol. The van der Waals surface area contributed by atoms with E-state index in [4.69, 9.17) is 4.74 Å². The third-order valence-electron chi connectivity index (χ3n) is 3.25. The summed E-state index contributed by atoms with van der Waals surface area (Å²) in [4.78, 5) is 11.3. The fourth-order valence-electron chi connectivity index (χ4n) is 1.85. The van der Waals surface area contributed by atoms with Crippen molar-refractivity contribution in [3.63, 3.8) is 0 Å². The Morgan fingerprint density at radius 1 is 1.42 bits per heavy atom. The minimum atomic E-state index is -0.103. The van der Waals surface area contributed by atoms with Gasteiger partial charge in [0.05, 0.1) is 5.69 Å². The van der Waals surface area contributed by atoms with E-state index in [-0.39, 0.29) is 18.1 Å². The van der Waals surface area contributed by atoms with Crippen molar-refractivity contribution >= 4 is 11.6 Å². The molecule has 0 saturated carbocycles. The van der Waals surface area contributed by atoms with E-state index in [0.717, 1.165) is 30.1 Å². The van der Waals surface area contributed by atoms with Crippen molar-refractivity contribution in [1.29, 1.82) is 0 Å². The number of carbonyl (C=O) groups is 1. The van der Waals surface area contributed by atoms with E-state index in [1.54, 1.807) is 0 Å². The lowest BCUT2D eigenvalue weighted by molar-refractivity contribution is -0.118. The van der Waals surface area contributed by atoms with Crippen LogP contribution in [0.3, 0.4) is 0 Å². The van der Waals surface area contributed by atoms with Crippen LogP contribution < -0.4 is 20.7 Å². The van der Waals surface area contributed by atoms with Crippen molar-refractivity contribution in [2.24, 2.45) is 0 Å². The summed E-state index contributed by atoms with van der Waals surface area (Å²) in [6.45, 7) is 6.00. The zero-order valence-corrected chi connectivity index (χ0v) is 11.7. The van der Waals surface area contributed by atoms with Gasteiger partial charge in [-0.3, -0.25) is 4.79 Å². The second-order valence-corrected chi connectivity index (χ2v) is 5.40. The van der Waals surface area contributed by atoms with Crippen molar-refractivity contribution in [1.82, 2.24) is 10.6 Å². The average Bonchev–Trinajstić information content (AvgIpc) is 2.38. The molecule has 0 spiro atoms. The van der Waals surface area contributed by atoms with Crippen LogP contribution in [-0.2, 0) is 11.3 Å². The van der Waals surface area contributed by atoms with Crippen molar-refractivity contribution in [2.45, 2.75) is 25.9 Å². The first-order valence-electron chi connectivity index (χ1n) is 6.45. The molecule has 1 amide bonds. The molecule has 104 valence electrons. The Balaban J connectivity index is 1.95. The molecule has 5 nitrogen and oxygen atoms in total. The summed E-state index contributed by atoms with van der Waals surface area (Å²) in [5, 5.41) is 9.45. The molecule has 1 aliphatic heterocycles. The molecule has 1 aromatic rings. The zero-order chi connectivity index (χ0) is 13.9. The van der Waals surface area contributed by atoms with Gasteiger partial charge in [-0.05, 0) is 38.6 Å². The zero-order valence-electron chi connectivity index (χ0n) is 11.7. The number of likely N-dealkylation sites (N-methyl/N-ethyl adjacent to an activating group) is 1. The van der Waals surface area contributed by atoms with E-state index in [0.29, 0.717) is 0 Å². The number of nitrogens with one attached hydrogen (secondary N) is 3. The highest BCUT2D eigenvalue weighted by molar-refractivity contribution is 5.95.